The van der Waals surface area contributed by atoms with Crippen molar-refractivity contribution >= 4 is 5.91 Å². The molecule has 1 aromatic heterocycles. The molecule has 28 heavy (non-hydrogen) atoms. The molecule has 2 saturated heterocycles. The second-order valence-corrected chi connectivity index (χ2v) is 9.17. The van der Waals surface area contributed by atoms with E-state index < -0.39 is 0 Å². The van der Waals surface area contributed by atoms with Crippen molar-refractivity contribution in [3.05, 3.63) is 54.1 Å². The molecule has 0 radical (unpaired) electrons. The maximum absolute atomic E-state index is 13.6. The van der Waals surface area contributed by atoms with E-state index in [1.165, 1.54) is 24.8 Å². The standard InChI is InChI=1S/C23H30N4O/c1-23-15-18-17(14-16-8-4-3-5-9-16)25-19(23)10-6-7-11-20(23)27(18)22(28)21-24-12-13-26(21)2/h3-5,8-9,12-13,17-20,25H,6-7,10-11,14-15H2,1-2H3/t17-,18+,19-,20+,23-/m1/s1. The molecule has 5 nitrogen and oxygen atoms in total. The highest BCUT2D eigenvalue weighted by Crippen LogP contribution is 2.52. The van der Waals surface area contributed by atoms with E-state index >= 15 is 0 Å². The quantitative estimate of drug-likeness (QED) is 0.893. The number of imidazole rings is 1. The van der Waals surface area contributed by atoms with E-state index in [0.29, 0.717) is 23.9 Å². The van der Waals surface area contributed by atoms with Crippen LogP contribution in [0.15, 0.2) is 42.7 Å². The molecular weight excluding hydrogens is 348 g/mol. The van der Waals surface area contributed by atoms with E-state index in [4.69, 9.17) is 0 Å². The molecule has 1 N–H and O–H groups in total. The molecule has 0 unspecified atom stereocenters. The molecule has 3 aliphatic rings. The van der Waals surface area contributed by atoms with E-state index in [-0.39, 0.29) is 17.4 Å². The zero-order valence-corrected chi connectivity index (χ0v) is 16.8. The Morgan fingerprint density at radius 1 is 1.25 bits per heavy atom. The molecule has 5 atom stereocenters. The predicted octanol–water partition coefficient (Wildman–Crippen LogP) is 3.17. The van der Waals surface area contributed by atoms with Gasteiger partial charge in [0.1, 0.15) is 0 Å². The van der Waals surface area contributed by atoms with Crippen molar-refractivity contribution in [3.8, 4) is 0 Å². The third-order valence-electron chi connectivity index (χ3n) is 7.54. The average Bonchev–Trinajstić information content (AvgIpc) is 3.18. The van der Waals surface area contributed by atoms with Crippen LogP contribution in [0.4, 0.5) is 0 Å². The van der Waals surface area contributed by atoms with Crippen molar-refractivity contribution in [3.63, 3.8) is 0 Å². The minimum absolute atomic E-state index is 0.105. The first kappa shape index (κ1) is 17.9. The zero-order valence-electron chi connectivity index (χ0n) is 16.8. The highest BCUT2D eigenvalue weighted by Gasteiger charge is 2.60. The molecule has 1 amide bonds. The minimum Gasteiger partial charge on any atom is -0.330 e. The van der Waals surface area contributed by atoms with Crippen LogP contribution in [0.3, 0.4) is 0 Å². The summed E-state index contributed by atoms with van der Waals surface area (Å²) in [5.74, 6) is 0.670. The average molecular weight is 379 g/mol. The molecule has 148 valence electrons. The number of carbonyl (C=O) groups is 1. The van der Waals surface area contributed by atoms with Crippen molar-refractivity contribution in [2.24, 2.45) is 12.5 Å². The van der Waals surface area contributed by atoms with Gasteiger partial charge in [-0.25, -0.2) is 4.98 Å². The molecule has 3 heterocycles. The van der Waals surface area contributed by atoms with Gasteiger partial charge in [0.05, 0.1) is 0 Å². The first-order valence-corrected chi connectivity index (χ1v) is 10.7. The van der Waals surface area contributed by atoms with Crippen molar-refractivity contribution in [1.82, 2.24) is 19.8 Å². The van der Waals surface area contributed by atoms with Gasteiger partial charge in [0.2, 0.25) is 0 Å². The lowest BCUT2D eigenvalue weighted by Gasteiger charge is -2.43. The van der Waals surface area contributed by atoms with Crippen LogP contribution in [0.1, 0.15) is 55.2 Å². The van der Waals surface area contributed by atoms with Crippen LogP contribution >= 0.6 is 0 Å². The summed E-state index contributed by atoms with van der Waals surface area (Å²) >= 11 is 0. The molecule has 3 fully saturated rings. The number of fused-ring (bicyclic) bond motifs is 1. The fourth-order valence-electron chi connectivity index (χ4n) is 6.11. The Kier molecular flexibility index (Phi) is 4.31. The van der Waals surface area contributed by atoms with Crippen LogP contribution in [0.25, 0.3) is 0 Å². The Morgan fingerprint density at radius 3 is 2.79 bits per heavy atom. The largest absolute Gasteiger partial charge is 0.330 e. The number of aromatic nitrogens is 2. The fourth-order valence-corrected chi connectivity index (χ4v) is 6.11. The predicted molar refractivity (Wildman–Crippen MR) is 109 cm³/mol. The maximum Gasteiger partial charge on any atom is 0.290 e. The number of likely N-dealkylation sites (tertiary alicyclic amines) is 1. The number of rotatable bonds is 3. The smallest absolute Gasteiger partial charge is 0.290 e. The summed E-state index contributed by atoms with van der Waals surface area (Å²) in [7, 11) is 1.92. The summed E-state index contributed by atoms with van der Waals surface area (Å²) in [6.07, 6.45) is 10.4. The Bertz CT molecular complexity index is 862. The Labute approximate surface area is 167 Å². The van der Waals surface area contributed by atoms with Gasteiger partial charge < -0.3 is 14.8 Å². The summed E-state index contributed by atoms with van der Waals surface area (Å²) in [6, 6.07) is 12.0. The molecule has 1 aromatic carbocycles. The summed E-state index contributed by atoms with van der Waals surface area (Å²) in [6.45, 7) is 2.41. The summed E-state index contributed by atoms with van der Waals surface area (Å²) in [4.78, 5) is 20.3. The van der Waals surface area contributed by atoms with E-state index in [2.05, 4.69) is 52.5 Å². The third-order valence-corrected chi connectivity index (χ3v) is 7.54. The number of nitrogens with one attached hydrogen (secondary N) is 1. The summed E-state index contributed by atoms with van der Waals surface area (Å²) in [5, 5.41) is 4.00. The first-order valence-electron chi connectivity index (χ1n) is 10.7. The molecule has 1 saturated carbocycles. The molecule has 1 aliphatic carbocycles. The van der Waals surface area contributed by atoms with Crippen LogP contribution in [-0.2, 0) is 13.5 Å². The van der Waals surface area contributed by atoms with E-state index in [9.17, 15) is 4.79 Å². The van der Waals surface area contributed by atoms with Gasteiger partial charge in [0, 0.05) is 49.0 Å². The lowest BCUT2D eigenvalue weighted by atomic mass is 9.70. The number of aryl methyl sites for hydroxylation is 1. The normalized spacial score (nSPS) is 34.3. The number of hydrogen-bond acceptors (Lipinski definition) is 3. The fraction of sp³-hybridized carbons (Fsp3) is 0.565. The second kappa shape index (κ2) is 6.73. The van der Waals surface area contributed by atoms with Gasteiger partial charge in [-0.15, -0.1) is 0 Å². The van der Waals surface area contributed by atoms with E-state index in [0.717, 1.165) is 19.3 Å². The number of benzene rings is 1. The molecule has 0 spiro atoms. The highest BCUT2D eigenvalue weighted by molar-refractivity contribution is 5.91. The molecule has 2 aliphatic heterocycles. The number of carbonyl (C=O) groups excluding carboxylic acids is 1. The summed E-state index contributed by atoms with van der Waals surface area (Å²) in [5.41, 5.74) is 1.50. The van der Waals surface area contributed by atoms with Crippen LogP contribution in [0.2, 0.25) is 0 Å². The Hall–Kier alpha value is -2.14. The van der Waals surface area contributed by atoms with Crippen LogP contribution in [0, 0.1) is 5.41 Å². The highest BCUT2D eigenvalue weighted by atomic mass is 16.2. The molecular formula is C23H30N4O. The molecule has 2 aromatic rings. The number of hydrogen-bond donors (Lipinski definition) is 1. The number of amides is 1. The van der Waals surface area contributed by atoms with Gasteiger partial charge in [0.15, 0.2) is 5.82 Å². The van der Waals surface area contributed by atoms with Crippen molar-refractivity contribution in [2.45, 2.75) is 69.6 Å². The minimum atomic E-state index is 0.105. The molecule has 2 bridgehead atoms. The number of nitrogens with zero attached hydrogens (tertiary/aromatic N) is 3. The molecule has 5 rings (SSSR count). The van der Waals surface area contributed by atoms with Gasteiger partial charge in [0.25, 0.3) is 5.91 Å². The summed E-state index contributed by atoms with van der Waals surface area (Å²) < 4.78 is 1.86. The van der Waals surface area contributed by atoms with E-state index in [1.54, 1.807) is 6.20 Å². The SMILES string of the molecule is Cn1ccnc1C(=O)N1[C@H]2CCCC[C@H]3N[C@H](Cc4ccccc4)[C@@H]1C[C@@]23C. The first-order chi connectivity index (χ1) is 13.6. The third kappa shape index (κ3) is 2.71. The van der Waals surface area contributed by atoms with Gasteiger partial charge in [-0.3, -0.25) is 4.79 Å². The van der Waals surface area contributed by atoms with Gasteiger partial charge in [-0.2, -0.15) is 0 Å². The molecule has 5 heteroatoms. The number of piperidine rings is 1. The van der Waals surface area contributed by atoms with E-state index in [1.807, 2.05) is 17.8 Å². The van der Waals surface area contributed by atoms with Crippen LogP contribution in [-0.4, -0.2) is 44.5 Å². The van der Waals surface area contributed by atoms with Crippen molar-refractivity contribution in [1.29, 1.82) is 0 Å². The van der Waals surface area contributed by atoms with Crippen molar-refractivity contribution in [2.75, 3.05) is 0 Å². The lowest BCUT2D eigenvalue weighted by molar-refractivity contribution is 0.0595. The topological polar surface area (TPSA) is 50.2 Å². The van der Waals surface area contributed by atoms with Gasteiger partial charge in [-0.1, -0.05) is 50.1 Å². The van der Waals surface area contributed by atoms with Gasteiger partial charge in [-0.05, 0) is 31.2 Å². The van der Waals surface area contributed by atoms with Crippen molar-refractivity contribution < 1.29 is 4.79 Å². The zero-order chi connectivity index (χ0) is 19.3. The Morgan fingerprint density at radius 2 is 2.04 bits per heavy atom. The monoisotopic (exact) mass is 378 g/mol. The Balaban J connectivity index is 1.53. The van der Waals surface area contributed by atoms with Gasteiger partial charge >= 0.3 is 0 Å². The lowest BCUT2D eigenvalue weighted by Crippen LogP contribution is -2.57. The maximum atomic E-state index is 13.6. The van der Waals surface area contributed by atoms with Crippen LogP contribution < -0.4 is 5.32 Å². The second-order valence-electron chi connectivity index (χ2n) is 9.17. The van der Waals surface area contributed by atoms with Crippen LogP contribution in [0.5, 0.6) is 0 Å².